The van der Waals surface area contributed by atoms with Gasteiger partial charge in [-0.1, -0.05) is 24.3 Å². The summed E-state index contributed by atoms with van der Waals surface area (Å²) < 4.78 is 1.71. The first-order valence-electron chi connectivity index (χ1n) is 8.46. The maximum atomic E-state index is 9.11. The van der Waals surface area contributed by atoms with Gasteiger partial charge in [0.15, 0.2) is 5.65 Å². The van der Waals surface area contributed by atoms with Gasteiger partial charge >= 0.3 is 0 Å². The second-order valence-electron chi connectivity index (χ2n) is 6.22. The van der Waals surface area contributed by atoms with Crippen LogP contribution < -0.4 is 5.32 Å². The average molecular weight is 323 g/mol. The first-order valence-corrected chi connectivity index (χ1v) is 8.46. The maximum Gasteiger partial charge on any atom is 0.163 e. The van der Waals surface area contributed by atoms with Gasteiger partial charge in [-0.2, -0.15) is 5.10 Å². The van der Waals surface area contributed by atoms with E-state index in [1.807, 2.05) is 0 Å². The Bertz CT molecular complexity index is 844. The summed E-state index contributed by atoms with van der Waals surface area (Å²) in [6, 6.07) is 8.73. The van der Waals surface area contributed by atoms with Gasteiger partial charge in [0.1, 0.15) is 12.1 Å². The summed E-state index contributed by atoms with van der Waals surface area (Å²) in [6.45, 7) is 1.34. The van der Waals surface area contributed by atoms with Crippen LogP contribution in [0.25, 0.3) is 11.0 Å². The molecule has 2 heterocycles. The molecule has 0 fully saturated rings. The van der Waals surface area contributed by atoms with Crippen molar-refractivity contribution < 1.29 is 5.11 Å². The molecule has 4 rings (SSSR count). The van der Waals surface area contributed by atoms with Crippen molar-refractivity contribution in [1.82, 2.24) is 19.7 Å². The molecule has 0 aliphatic heterocycles. The first-order chi connectivity index (χ1) is 11.9. The molecule has 1 aromatic carbocycles. The van der Waals surface area contributed by atoms with Crippen molar-refractivity contribution in [3.8, 4) is 0 Å². The molecule has 0 bridgehead atoms. The van der Waals surface area contributed by atoms with Gasteiger partial charge in [-0.25, -0.2) is 14.6 Å². The van der Waals surface area contributed by atoms with Crippen LogP contribution in [-0.4, -0.2) is 38.0 Å². The number of aromatic nitrogens is 4. The molecule has 3 aromatic rings. The largest absolute Gasteiger partial charge is 0.394 e. The zero-order valence-corrected chi connectivity index (χ0v) is 13.5. The topological polar surface area (TPSA) is 75.9 Å². The van der Waals surface area contributed by atoms with E-state index in [2.05, 4.69) is 44.6 Å². The van der Waals surface area contributed by atoms with Crippen molar-refractivity contribution in [2.24, 2.45) is 0 Å². The second kappa shape index (κ2) is 6.57. The zero-order chi connectivity index (χ0) is 16.4. The molecule has 6 nitrogen and oxygen atoms in total. The lowest BCUT2D eigenvalue weighted by atomic mass is 9.83. The van der Waals surface area contributed by atoms with Crippen LogP contribution in [0.5, 0.6) is 0 Å². The SMILES string of the molecule is OCCn1ncc2c(NCC3CCCc4ccccc43)ncnc21. The minimum atomic E-state index is 0.0441. The second-order valence-corrected chi connectivity index (χ2v) is 6.22. The number of aliphatic hydroxyl groups is 1. The van der Waals surface area contributed by atoms with Crippen LogP contribution in [-0.2, 0) is 13.0 Å². The van der Waals surface area contributed by atoms with Crippen molar-refractivity contribution in [2.45, 2.75) is 31.7 Å². The minimum absolute atomic E-state index is 0.0441. The zero-order valence-electron chi connectivity index (χ0n) is 13.5. The maximum absolute atomic E-state index is 9.11. The van der Waals surface area contributed by atoms with E-state index < -0.39 is 0 Å². The average Bonchev–Trinajstić information content (AvgIpc) is 3.04. The number of fused-ring (bicyclic) bond motifs is 2. The summed E-state index contributed by atoms with van der Waals surface area (Å²) in [5, 5.41) is 17.8. The normalized spacial score (nSPS) is 17.0. The lowest BCUT2D eigenvalue weighted by Crippen LogP contribution is -2.18. The molecule has 1 atom stereocenters. The van der Waals surface area contributed by atoms with Gasteiger partial charge in [0.2, 0.25) is 0 Å². The number of anilines is 1. The molecule has 0 saturated carbocycles. The summed E-state index contributed by atoms with van der Waals surface area (Å²) >= 11 is 0. The van der Waals surface area contributed by atoms with Crippen LogP contribution in [0, 0.1) is 0 Å². The fourth-order valence-electron chi connectivity index (χ4n) is 3.58. The van der Waals surface area contributed by atoms with E-state index in [0.29, 0.717) is 12.5 Å². The van der Waals surface area contributed by atoms with E-state index in [-0.39, 0.29) is 6.61 Å². The van der Waals surface area contributed by atoms with Gasteiger partial charge in [0, 0.05) is 12.5 Å². The van der Waals surface area contributed by atoms with Crippen LogP contribution in [0.1, 0.15) is 29.9 Å². The molecule has 0 amide bonds. The Balaban J connectivity index is 1.56. The summed E-state index contributed by atoms with van der Waals surface area (Å²) in [4.78, 5) is 8.67. The van der Waals surface area contributed by atoms with Crippen LogP contribution in [0.3, 0.4) is 0 Å². The predicted octanol–water partition coefficient (Wildman–Crippen LogP) is 2.35. The summed E-state index contributed by atoms with van der Waals surface area (Å²) in [7, 11) is 0. The van der Waals surface area contributed by atoms with Gasteiger partial charge in [-0.3, -0.25) is 0 Å². The van der Waals surface area contributed by atoms with Crippen LogP contribution >= 0.6 is 0 Å². The standard InChI is InChI=1S/C18H21N5O/c24-9-8-23-18-16(11-22-23)17(20-12-21-18)19-10-14-6-3-5-13-4-1-2-7-15(13)14/h1-2,4,7,11-12,14,24H,3,5-6,8-10H2,(H,19,20,21). The predicted molar refractivity (Wildman–Crippen MR) is 93.0 cm³/mol. The van der Waals surface area contributed by atoms with Crippen LogP contribution in [0.15, 0.2) is 36.8 Å². The Morgan fingerprint density at radius 3 is 3.08 bits per heavy atom. The lowest BCUT2D eigenvalue weighted by molar-refractivity contribution is 0.271. The molecule has 124 valence electrons. The molecule has 2 aromatic heterocycles. The number of benzene rings is 1. The van der Waals surface area contributed by atoms with E-state index in [1.165, 1.54) is 30.4 Å². The van der Waals surface area contributed by atoms with Crippen molar-refractivity contribution in [2.75, 3.05) is 18.5 Å². The summed E-state index contributed by atoms with van der Waals surface area (Å²) in [5.74, 6) is 1.32. The molecule has 1 aliphatic carbocycles. The van der Waals surface area contributed by atoms with Crippen molar-refractivity contribution in [3.63, 3.8) is 0 Å². The monoisotopic (exact) mass is 323 g/mol. The summed E-state index contributed by atoms with van der Waals surface area (Å²) in [5.41, 5.74) is 3.68. The molecule has 0 radical (unpaired) electrons. The third-order valence-corrected chi connectivity index (χ3v) is 4.75. The van der Waals surface area contributed by atoms with Crippen molar-refractivity contribution in [3.05, 3.63) is 47.9 Å². The van der Waals surface area contributed by atoms with E-state index in [9.17, 15) is 0 Å². The molecule has 0 spiro atoms. The number of hydrogen-bond acceptors (Lipinski definition) is 5. The Morgan fingerprint density at radius 2 is 2.17 bits per heavy atom. The van der Waals surface area contributed by atoms with Gasteiger partial charge in [0.05, 0.1) is 24.7 Å². The van der Waals surface area contributed by atoms with Crippen LogP contribution in [0.4, 0.5) is 5.82 Å². The molecule has 24 heavy (non-hydrogen) atoms. The Hall–Kier alpha value is -2.47. The van der Waals surface area contributed by atoms with E-state index >= 15 is 0 Å². The Kier molecular flexibility index (Phi) is 4.13. The lowest BCUT2D eigenvalue weighted by Gasteiger charge is -2.25. The molecular formula is C18H21N5O. The van der Waals surface area contributed by atoms with Gasteiger partial charge in [0.25, 0.3) is 0 Å². The number of aryl methyl sites for hydroxylation is 1. The van der Waals surface area contributed by atoms with E-state index in [4.69, 9.17) is 5.11 Å². The molecule has 2 N–H and O–H groups in total. The van der Waals surface area contributed by atoms with Gasteiger partial charge in [-0.05, 0) is 30.4 Å². The number of hydrogen-bond donors (Lipinski definition) is 2. The number of nitrogens with zero attached hydrogens (tertiary/aromatic N) is 4. The van der Waals surface area contributed by atoms with E-state index in [1.54, 1.807) is 17.2 Å². The third-order valence-electron chi connectivity index (χ3n) is 4.75. The summed E-state index contributed by atoms with van der Waals surface area (Å²) in [6.07, 6.45) is 6.93. The Morgan fingerprint density at radius 1 is 1.25 bits per heavy atom. The highest BCUT2D eigenvalue weighted by atomic mass is 16.3. The number of aliphatic hydroxyl groups excluding tert-OH is 1. The fourth-order valence-corrected chi connectivity index (χ4v) is 3.58. The quantitative estimate of drug-likeness (QED) is 0.754. The Labute approximate surface area is 140 Å². The molecular weight excluding hydrogens is 302 g/mol. The highest BCUT2D eigenvalue weighted by Crippen LogP contribution is 2.32. The minimum Gasteiger partial charge on any atom is -0.394 e. The molecule has 0 saturated heterocycles. The molecule has 1 aliphatic rings. The third kappa shape index (κ3) is 2.73. The smallest absolute Gasteiger partial charge is 0.163 e. The van der Waals surface area contributed by atoms with Gasteiger partial charge in [-0.15, -0.1) is 0 Å². The fraction of sp³-hybridized carbons (Fsp3) is 0.389. The van der Waals surface area contributed by atoms with Crippen molar-refractivity contribution >= 4 is 16.9 Å². The first kappa shape index (κ1) is 15.1. The van der Waals surface area contributed by atoms with Crippen molar-refractivity contribution in [1.29, 1.82) is 0 Å². The molecule has 1 unspecified atom stereocenters. The number of rotatable bonds is 5. The van der Waals surface area contributed by atoms with E-state index in [0.717, 1.165) is 23.4 Å². The van der Waals surface area contributed by atoms with Crippen LogP contribution in [0.2, 0.25) is 0 Å². The van der Waals surface area contributed by atoms with Gasteiger partial charge < -0.3 is 10.4 Å². The highest BCUT2D eigenvalue weighted by molar-refractivity contribution is 5.86. The highest BCUT2D eigenvalue weighted by Gasteiger charge is 2.20. The molecule has 6 heteroatoms. The number of nitrogens with one attached hydrogen (secondary N) is 1.